The minimum atomic E-state index is -0.412. The second-order valence-corrected chi connectivity index (χ2v) is 6.24. The fourth-order valence-electron chi connectivity index (χ4n) is 3.75. The zero-order chi connectivity index (χ0) is 15.7. The highest BCUT2D eigenvalue weighted by Gasteiger charge is 2.39. The molecular formula is C16H21N3O3. The molecule has 0 spiro atoms. The van der Waals surface area contributed by atoms with E-state index in [9.17, 15) is 14.9 Å². The van der Waals surface area contributed by atoms with Gasteiger partial charge in [-0.2, -0.15) is 0 Å². The Morgan fingerprint density at radius 2 is 1.77 bits per heavy atom. The van der Waals surface area contributed by atoms with Gasteiger partial charge in [0.05, 0.1) is 11.0 Å². The van der Waals surface area contributed by atoms with Crippen molar-refractivity contribution in [3.63, 3.8) is 0 Å². The van der Waals surface area contributed by atoms with Crippen molar-refractivity contribution in [3.05, 3.63) is 39.9 Å². The summed E-state index contributed by atoms with van der Waals surface area (Å²) in [6.45, 7) is 0. The predicted octanol–water partition coefficient (Wildman–Crippen LogP) is 2.53. The lowest BCUT2D eigenvalue weighted by molar-refractivity contribution is -0.384. The number of nitrogens with two attached hydrogens (primary N) is 1. The molecule has 1 amide bonds. The first-order valence-electron chi connectivity index (χ1n) is 7.89. The molecule has 0 bridgehead atoms. The molecule has 0 radical (unpaired) electrons. The van der Waals surface area contributed by atoms with Crippen LogP contribution in [0.1, 0.15) is 50.1 Å². The highest BCUT2D eigenvalue weighted by atomic mass is 16.6. The Bertz CT molecular complexity index is 567. The molecule has 2 aliphatic rings. The summed E-state index contributed by atoms with van der Waals surface area (Å²) in [7, 11) is 0. The summed E-state index contributed by atoms with van der Waals surface area (Å²) < 4.78 is 0. The van der Waals surface area contributed by atoms with E-state index >= 15 is 0 Å². The normalized spacial score (nSPS) is 26.4. The molecule has 0 aromatic heterocycles. The van der Waals surface area contributed by atoms with Gasteiger partial charge in [0.25, 0.3) is 5.69 Å². The van der Waals surface area contributed by atoms with Crippen LogP contribution in [0.3, 0.4) is 0 Å². The monoisotopic (exact) mass is 303 g/mol. The molecule has 1 saturated carbocycles. The Balaban J connectivity index is 1.92. The molecular weight excluding hydrogens is 282 g/mol. The summed E-state index contributed by atoms with van der Waals surface area (Å²) in [5, 5.41) is 10.8. The van der Waals surface area contributed by atoms with E-state index in [1.807, 2.05) is 4.90 Å². The van der Waals surface area contributed by atoms with E-state index in [-0.39, 0.29) is 29.7 Å². The van der Waals surface area contributed by atoms with Gasteiger partial charge in [-0.3, -0.25) is 14.9 Å². The number of likely N-dealkylation sites (tertiary alicyclic amines) is 1. The Kier molecular flexibility index (Phi) is 4.11. The molecule has 2 atom stereocenters. The number of hydrogen-bond donors (Lipinski definition) is 1. The van der Waals surface area contributed by atoms with Gasteiger partial charge in [0.2, 0.25) is 5.91 Å². The largest absolute Gasteiger partial charge is 0.331 e. The fraction of sp³-hybridized carbons (Fsp3) is 0.562. The standard InChI is InChI=1S/C16H21N3O3/c17-14-9-10-15(20)18(12-3-1-2-4-12)16(14)11-5-7-13(8-6-11)19(21)22/h5-8,12,14,16H,1-4,9-10,17H2. The smallest absolute Gasteiger partial charge is 0.269 e. The maximum absolute atomic E-state index is 12.4. The van der Waals surface area contributed by atoms with Gasteiger partial charge in [-0.05, 0) is 24.8 Å². The molecule has 2 unspecified atom stereocenters. The first-order valence-corrected chi connectivity index (χ1v) is 7.89. The number of piperidine rings is 1. The first-order chi connectivity index (χ1) is 10.6. The number of nitrogens with zero attached hydrogens (tertiary/aromatic N) is 2. The summed E-state index contributed by atoms with van der Waals surface area (Å²) >= 11 is 0. The third kappa shape index (κ3) is 2.70. The number of non-ortho nitro benzene ring substituents is 1. The number of rotatable bonds is 3. The van der Waals surface area contributed by atoms with E-state index in [4.69, 9.17) is 5.73 Å². The highest BCUT2D eigenvalue weighted by Crippen LogP contribution is 2.37. The maximum atomic E-state index is 12.4. The van der Waals surface area contributed by atoms with Gasteiger partial charge in [-0.25, -0.2) is 0 Å². The summed E-state index contributed by atoms with van der Waals surface area (Å²) in [5.74, 6) is 0.164. The molecule has 2 N–H and O–H groups in total. The van der Waals surface area contributed by atoms with Crippen LogP contribution >= 0.6 is 0 Å². The summed E-state index contributed by atoms with van der Waals surface area (Å²) in [5.41, 5.74) is 7.26. The van der Waals surface area contributed by atoms with E-state index in [0.717, 1.165) is 31.2 Å². The average molecular weight is 303 g/mol. The molecule has 6 heteroatoms. The summed E-state index contributed by atoms with van der Waals surface area (Å²) in [6.07, 6.45) is 5.53. The van der Waals surface area contributed by atoms with E-state index in [1.54, 1.807) is 12.1 Å². The van der Waals surface area contributed by atoms with Crippen molar-refractivity contribution in [3.8, 4) is 0 Å². The van der Waals surface area contributed by atoms with Crippen molar-refractivity contribution in [1.29, 1.82) is 0 Å². The lowest BCUT2D eigenvalue weighted by Gasteiger charge is -2.43. The van der Waals surface area contributed by atoms with Crippen LogP contribution in [0.2, 0.25) is 0 Å². The van der Waals surface area contributed by atoms with E-state index in [2.05, 4.69) is 0 Å². The van der Waals surface area contributed by atoms with E-state index in [0.29, 0.717) is 12.8 Å². The number of nitro groups is 1. The van der Waals surface area contributed by atoms with Gasteiger partial charge >= 0.3 is 0 Å². The van der Waals surface area contributed by atoms with Crippen LogP contribution in [0, 0.1) is 10.1 Å². The fourth-order valence-corrected chi connectivity index (χ4v) is 3.75. The summed E-state index contributed by atoms with van der Waals surface area (Å²) in [4.78, 5) is 24.8. The number of nitro benzene ring substituents is 1. The lowest BCUT2D eigenvalue weighted by atomic mass is 9.88. The Morgan fingerprint density at radius 3 is 2.36 bits per heavy atom. The minimum Gasteiger partial charge on any atom is -0.331 e. The summed E-state index contributed by atoms with van der Waals surface area (Å²) in [6, 6.07) is 6.46. The second-order valence-electron chi connectivity index (χ2n) is 6.24. The maximum Gasteiger partial charge on any atom is 0.269 e. The molecule has 22 heavy (non-hydrogen) atoms. The van der Waals surface area contributed by atoms with Gasteiger partial charge in [-0.1, -0.05) is 25.0 Å². The molecule has 1 aromatic carbocycles. The number of benzene rings is 1. The number of amides is 1. The quantitative estimate of drug-likeness (QED) is 0.686. The highest BCUT2D eigenvalue weighted by molar-refractivity contribution is 5.78. The molecule has 3 rings (SSSR count). The number of hydrogen-bond acceptors (Lipinski definition) is 4. The third-order valence-corrected chi connectivity index (χ3v) is 4.85. The van der Waals surface area contributed by atoms with Crippen molar-refractivity contribution in [2.45, 2.75) is 56.7 Å². The lowest BCUT2D eigenvalue weighted by Crippen LogP contribution is -2.52. The van der Waals surface area contributed by atoms with E-state index < -0.39 is 4.92 Å². The molecule has 1 aliphatic heterocycles. The molecule has 1 saturated heterocycles. The van der Waals surface area contributed by atoms with E-state index in [1.165, 1.54) is 12.1 Å². The van der Waals surface area contributed by atoms with Crippen LogP contribution < -0.4 is 5.73 Å². The molecule has 1 aliphatic carbocycles. The SMILES string of the molecule is NC1CCC(=O)N(C2CCCC2)C1c1ccc([N+](=O)[O-])cc1. The Morgan fingerprint density at radius 1 is 1.14 bits per heavy atom. The predicted molar refractivity (Wildman–Crippen MR) is 82.1 cm³/mol. The van der Waals surface area contributed by atoms with Crippen molar-refractivity contribution >= 4 is 11.6 Å². The van der Waals surface area contributed by atoms with Crippen LogP contribution in [0.15, 0.2) is 24.3 Å². The molecule has 1 heterocycles. The van der Waals surface area contributed by atoms with Gasteiger partial charge < -0.3 is 10.6 Å². The molecule has 2 fully saturated rings. The van der Waals surface area contributed by atoms with Crippen LogP contribution in [0.4, 0.5) is 5.69 Å². The van der Waals surface area contributed by atoms with Gasteiger partial charge in [0, 0.05) is 30.6 Å². The van der Waals surface area contributed by atoms with Crippen LogP contribution in [0.25, 0.3) is 0 Å². The topological polar surface area (TPSA) is 89.5 Å². The zero-order valence-electron chi connectivity index (χ0n) is 12.5. The molecule has 1 aromatic rings. The second kappa shape index (κ2) is 6.04. The first kappa shape index (κ1) is 15.0. The van der Waals surface area contributed by atoms with Crippen LogP contribution in [0.5, 0.6) is 0 Å². The minimum absolute atomic E-state index is 0.0619. The van der Waals surface area contributed by atoms with Crippen molar-refractivity contribution < 1.29 is 9.72 Å². The average Bonchev–Trinajstić information content (AvgIpc) is 3.03. The van der Waals surface area contributed by atoms with Crippen LogP contribution in [-0.4, -0.2) is 27.8 Å². The van der Waals surface area contributed by atoms with Gasteiger partial charge in [-0.15, -0.1) is 0 Å². The van der Waals surface area contributed by atoms with Crippen molar-refractivity contribution in [1.82, 2.24) is 4.90 Å². The number of carbonyl (C=O) groups excluding carboxylic acids is 1. The zero-order valence-corrected chi connectivity index (χ0v) is 12.5. The molecule has 118 valence electrons. The Hall–Kier alpha value is -1.95. The third-order valence-electron chi connectivity index (χ3n) is 4.85. The van der Waals surface area contributed by atoms with Crippen molar-refractivity contribution in [2.75, 3.05) is 0 Å². The molecule has 6 nitrogen and oxygen atoms in total. The van der Waals surface area contributed by atoms with Crippen molar-refractivity contribution in [2.24, 2.45) is 5.73 Å². The van der Waals surface area contributed by atoms with Crippen LogP contribution in [-0.2, 0) is 4.79 Å². The van der Waals surface area contributed by atoms with Gasteiger partial charge in [0.1, 0.15) is 0 Å². The number of carbonyl (C=O) groups is 1. The Labute approximate surface area is 129 Å². The van der Waals surface area contributed by atoms with Gasteiger partial charge in [0.15, 0.2) is 0 Å².